The van der Waals surface area contributed by atoms with Gasteiger partial charge in [0.25, 0.3) is 0 Å². The number of rotatable bonds is 3. The molecule has 0 N–H and O–H groups in total. The molecule has 0 aliphatic carbocycles. The zero-order valence-electron chi connectivity index (χ0n) is 13.9. The van der Waals surface area contributed by atoms with Crippen molar-refractivity contribution < 1.29 is 17.9 Å². The Balaban J connectivity index is 1.66. The molecule has 1 fully saturated rings. The monoisotopic (exact) mass is 362 g/mol. The molecule has 136 valence electrons. The number of alkyl halides is 3. The van der Waals surface area contributed by atoms with Gasteiger partial charge in [-0.05, 0) is 17.7 Å². The zero-order chi connectivity index (χ0) is 18.1. The molecule has 0 bridgehead atoms. The van der Waals surface area contributed by atoms with Crippen molar-refractivity contribution in [2.75, 3.05) is 26.3 Å². The number of hydrogen-bond acceptors (Lipinski definition) is 4. The Hall–Kier alpha value is -2.45. The minimum absolute atomic E-state index is 0.219. The van der Waals surface area contributed by atoms with Crippen LogP contribution in [0.2, 0.25) is 0 Å². The van der Waals surface area contributed by atoms with Gasteiger partial charge in [0.2, 0.25) is 5.95 Å². The SMILES string of the molecule is FC(F)(F)c1cnc(-n2ccc3c(CN4CCOCC4)cccc32)nc1. The van der Waals surface area contributed by atoms with E-state index in [1.807, 2.05) is 18.2 Å². The predicted molar refractivity (Wildman–Crippen MR) is 90.0 cm³/mol. The van der Waals surface area contributed by atoms with E-state index in [0.717, 1.165) is 61.7 Å². The zero-order valence-corrected chi connectivity index (χ0v) is 13.9. The van der Waals surface area contributed by atoms with Crippen LogP contribution in [0.5, 0.6) is 0 Å². The maximum absolute atomic E-state index is 12.7. The third kappa shape index (κ3) is 3.30. The van der Waals surface area contributed by atoms with E-state index in [1.54, 1.807) is 10.8 Å². The summed E-state index contributed by atoms with van der Waals surface area (Å²) >= 11 is 0. The van der Waals surface area contributed by atoms with Gasteiger partial charge in [-0.2, -0.15) is 13.2 Å². The van der Waals surface area contributed by atoms with E-state index < -0.39 is 11.7 Å². The number of benzene rings is 1. The lowest BCUT2D eigenvalue weighted by molar-refractivity contribution is -0.138. The molecule has 3 heterocycles. The smallest absolute Gasteiger partial charge is 0.379 e. The average Bonchev–Trinajstić information content (AvgIpc) is 3.07. The van der Waals surface area contributed by atoms with Crippen molar-refractivity contribution in [1.82, 2.24) is 19.4 Å². The fourth-order valence-electron chi connectivity index (χ4n) is 3.14. The molecule has 0 amide bonds. The van der Waals surface area contributed by atoms with Crippen LogP contribution in [0, 0.1) is 0 Å². The summed E-state index contributed by atoms with van der Waals surface area (Å²) in [5, 5.41) is 1.04. The molecular formula is C18H17F3N4O. The Morgan fingerprint density at radius 3 is 2.46 bits per heavy atom. The van der Waals surface area contributed by atoms with Crippen molar-refractivity contribution in [2.24, 2.45) is 0 Å². The van der Waals surface area contributed by atoms with Crippen molar-refractivity contribution in [3.63, 3.8) is 0 Å². The molecular weight excluding hydrogens is 345 g/mol. The van der Waals surface area contributed by atoms with E-state index >= 15 is 0 Å². The molecule has 1 aliphatic rings. The van der Waals surface area contributed by atoms with Crippen molar-refractivity contribution in [1.29, 1.82) is 0 Å². The minimum atomic E-state index is -4.44. The van der Waals surface area contributed by atoms with Crippen LogP contribution >= 0.6 is 0 Å². The third-order valence-corrected chi connectivity index (χ3v) is 4.50. The fraction of sp³-hybridized carbons (Fsp3) is 0.333. The number of morpholine rings is 1. The number of aromatic nitrogens is 3. The van der Waals surface area contributed by atoms with Crippen LogP contribution in [0.15, 0.2) is 42.9 Å². The molecule has 0 radical (unpaired) electrons. The lowest BCUT2D eigenvalue weighted by Gasteiger charge is -2.26. The molecule has 0 spiro atoms. The van der Waals surface area contributed by atoms with Gasteiger partial charge in [-0.1, -0.05) is 12.1 Å². The molecule has 5 nitrogen and oxygen atoms in total. The lowest BCUT2D eigenvalue weighted by atomic mass is 10.1. The summed E-state index contributed by atoms with van der Waals surface area (Å²) in [5.74, 6) is 0.219. The molecule has 3 aromatic rings. The predicted octanol–water partition coefficient (Wildman–Crippen LogP) is 3.27. The van der Waals surface area contributed by atoms with E-state index in [-0.39, 0.29) is 5.95 Å². The molecule has 4 rings (SSSR count). The largest absolute Gasteiger partial charge is 0.419 e. The Morgan fingerprint density at radius 1 is 1.04 bits per heavy atom. The Morgan fingerprint density at radius 2 is 1.77 bits per heavy atom. The highest BCUT2D eigenvalue weighted by Gasteiger charge is 2.31. The van der Waals surface area contributed by atoms with E-state index in [1.165, 1.54) is 0 Å². The summed E-state index contributed by atoms with van der Waals surface area (Å²) in [7, 11) is 0. The van der Waals surface area contributed by atoms with Gasteiger partial charge >= 0.3 is 6.18 Å². The van der Waals surface area contributed by atoms with Gasteiger partial charge in [-0.25, -0.2) is 9.97 Å². The first-order valence-electron chi connectivity index (χ1n) is 8.31. The maximum atomic E-state index is 12.7. The number of hydrogen-bond donors (Lipinski definition) is 0. The second-order valence-electron chi connectivity index (χ2n) is 6.19. The van der Waals surface area contributed by atoms with Crippen molar-refractivity contribution in [3.05, 3.63) is 54.0 Å². The van der Waals surface area contributed by atoms with Gasteiger partial charge in [0.1, 0.15) is 0 Å². The van der Waals surface area contributed by atoms with Gasteiger partial charge in [-0.3, -0.25) is 9.47 Å². The standard InChI is InChI=1S/C18H17F3N4O/c19-18(20,21)14-10-22-17(23-11-14)25-5-4-15-13(2-1-3-16(15)25)12-24-6-8-26-9-7-24/h1-5,10-11H,6-9,12H2. The summed E-state index contributed by atoms with van der Waals surface area (Å²) < 4.78 is 45.2. The Kier molecular flexibility index (Phi) is 4.37. The van der Waals surface area contributed by atoms with E-state index in [2.05, 4.69) is 20.9 Å². The van der Waals surface area contributed by atoms with Crippen LogP contribution in [0.1, 0.15) is 11.1 Å². The lowest BCUT2D eigenvalue weighted by Crippen LogP contribution is -2.35. The molecule has 1 aliphatic heterocycles. The molecule has 0 saturated carbocycles. The van der Waals surface area contributed by atoms with Crippen LogP contribution in [0.3, 0.4) is 0 Å². The molecule has 8 heteroatoms. The van der Waals surface area contributed by atoms with Crippen LogP contribution in [-0.4, -0.2) is 45.7 Å². The number of nitrogens with zero attached hydrogens (tertiary/aromatic N) is 4. The second kappa shape index (κ2) is 6.69. The van der Waals surface area contributed by atoms with Gasteiger partial charge in [0.05, 0.1) is 24.3 Å². The van der Waals surface area contributed by atoms with Crippen molar-refractivity contribution in [2.45, 2.75) is 12.7 Å². The van der Waals surface area contributed by atoms with Gasteiger partial charge in [0.15, 0.2) is 0 Å². The van der Waals surface area contributed by atoms with Crippen LogP contribution in [-0.2, 0) is 17.5 Å². The molecule has 0 atom stereocenters. The molecule has 1 saturated heterocycles. The summed E-state index contributed by atoms with van der Waals surface area (Å²) in [6.45, 7) is 4.05. The first kappa shape index (κ1) is 17.0. The molecule has 0 unspecified atom stereocenters. The summed E-state index contributed by atoms with van der Waals surface area (Å²) in [6, 6.07) is 7.87. The first-order chi connectivity index (χ1) is 12.5. The Bertz CT molecular complexity index is 899. The normalized spacial score (nSPS) is 16.3. The van der Waals surface area contributed by atoms with E-state index in [9.17, 15) is 13.2 Å². The quantitative estimate of drug-likeness (QED) is 0.717. The number of ether oxygens (including phenoxy) is 1. The third-order valence-electron chi connectivity index (χ3n) is 4.50. The number of fused-ring (bicyclic) bond motifs is 1. The summed E-state index contributed by atoms with van der Waals surface area (Å²) in [4.78, 5) is 10.1. The highest BCUT2D eigenvalue weighted by Crippen LogP contribution is 2.29. The fourth-order valence-corrected chi connectivity index (χ4v) is 3.14. The Labute approximate surface area is 148 Å². The first-order valence-corrected chi connectivity index (χ1v) is 8.31. The summed E-state index contributed by atoms with van der Waals surface area (Å²) in [5.41, 5.74) is 1.18. The minimum Gasteiger partial charge on any atom is -0.379 e. The van der Waals surface area contributed by atoms with Gasteiger partial charge < -0.3 is 4.74 Å². The maximum Gasteiger partial charge on any atom is 0.419 e. The highest BCUT2D eigenvalue weighted by molar-refractivity contribution is 5.84. The van der Waals surface area contributed by atoms with Crippen molar-refractivity contribution >= 4 is 10.9 Å². The highest BCUT2D eigenvalue weighted by atomic mass is 19.4. The van der Waals surface area contributed by atoms with E-state index in [4.69, 9.17) is 4.74 Å². The molecule has 2 aromatic heterocycles. The molecule has 1 aromatic carbocycles. The van der Waals surface area contributed by atoms with Gasteiger partial charge in [-0.15, -0.1) is 0 Å². The summed E-state index contributed by atoms with van der Waals surface area (Å²) in [6.07, 6.45) is -1.03. The van der Waals surface area contributed by atoms with Crippen LogP contribution in [0.4, 0.5) is 13.2 Å². The number of halogens is 3. The van der Waals surface area contributed by atoms with E-state index in [0.29, 0.717) is 0 Å². The van der Waals surface area contributed by atoms with Gasteiger partial charge in [0, 0.05) is 43.6 Å². The van der Waals surface area contributed by atoms with Crippen LogP contribution in [0.25, 0.3) is 16.9 Å². The topological polar surface area (TPSA) is 43.2 Å². The molecule has 26 heavy (non-hydrogen) atoms. The van der Waals surface area contributed by atoms with Crippen molar-refractivity contribution in [3.8, 4) is 5.95 Å². The average molecular weight is 362 g/mol. The second-order valence-corrected chi connectivity index (χ2v) is 6.19. The van der Waals surface area contributed by atoms with Crippen LogP contribution < -0.4 is 0 Å².